The van der Waals surface area contributed by atoms with Crippen LogP contribution in [0.4, 0.5) is 11.4 Å². The lowest BCUT2D eigenvalue weighted by atomic mass is 10.0. The first kappa shape index (κ1) is 15.1. The quantitative estimate of drug-likeness (QED) is 0.555. The monoisotopic (exact) mass is 281 g/mol. The molecule has 0 saturated carbocycles. The number of guanidine groups is 1. The van der Waals surface area contributed by atoms with Crippen molar-refractivity contribution >= 4 is 17.3 Å². The minimum atomic E-state index is 0.295. The Morgan fingerprint density at radius 1 is 0.952 bits per heavy atom. The van der Waals surface area contributed by atoms with Gasteiger partial charge in [-0.3, -0.25) is 5.41 Å². The van der Waals surface area contributed by atoms with E-state index in [9.17, 15) is 0 Å². The maximum atomic E-state index is 8.15. The second-order valence-corrected chi connectivity index (χ2v) is 5.38. The predicted octanol–water partition coefficient (Wildman–Crippen LogP) is 4.83. The van der Waals surface area contributed by atoms with Crippen molar-refractivity contribution in [2.24, 2.45) is 0 Å². The number of hydrogen-bond acceptors (Lipinski definition) is 1. The average Bonchev–Trinajstić information content (AvgIpc) is 2.48. The number of aryl methyl sites for hydroxylation is 1. The third kappa shape index (κ3) is 3.85. The summed E-state index contributed by atoms with van der Waals surface area (Å²) in [7, 11) is 0. The van der Waals surface area contributed by atoms with Gasteiger partial charge in [0.1, 0.15) is 0 Å². The number of hydrogen-bond donors (Lipinski definition) is 3. The fourth-order valence-corrected chi connectivity index (χ4v) is 2.37. The van der Waals surface area contributed by atoms with Crippen LogP contribution in [0.5, 0.6) is 0 Å². The molecular weight excluding hydrogens is 258 g/mol. The summed E-state index contributed by atoms with van der Waals surface area (Å²) in [4.78, 5) is 0. The molecule has 0 unspecified atom stereocenters. The molecule has 3 nitrogen and oxygen atoms in total. The van der Waals surface area contributed by atoms with Crippen molar-refractivity contribution < 1.29 is 0 Å². The Bertz CT molecular complexity index is 617. The van der Waals surface area contributed by atoms with E-state index in [1.54, 1.807) is 0 Å². The number of rotatable bonds is 4. The Labute approximate surface area is 126 Å². The van der Waals surface area contributed by atoms with Gasteiger partial charge in [0.2, 0.25) is 0 Å². The molecule has 3 heteroatoms. The smallest absolute Gasteiger partial charge is 0.197 e. The van der Waals surface area contributed by atoms with E-state index in [0.29, 0.717) is 11.9 Å². The highest BCUT2D eigenvalue weighted by Gasteiger charge is 2.08. The molecule has 2 rings (SSSR count). The zero-order valence-corrected chi connectivity index (χ0v) is 12.9. The van der Waals surface area contributed by atoms with Gasteiger partial charge in [-0.15, -0.1) is 0 Å². The molecule has 0 amide bonds. The van der Waals surface area contributed by atoms with Gasteiger partial charge in [-0.2, -0.15) is 0 Å². The normalized spacial score (nSPS) is 10.5. The average molecular weight is 281 g/mol. The molecule has 0 atom stereocenters. The van der Waals surface area contributed by atoms with Gasteiger partial charge >= 0.3 is 0 Å². The molecular formula is C18H23N3. The van der Waals surface area contributed by atoms with E-state index < -0.39 is 0 Å². The number of benzene rings is 2. The van der Waals surface area contributed by atoms with Crippen molar-refractivity contribution in [3.05, 3.63) is 59.7 Å². The molecule has 0 spiro atoms. The molecule has 0 bridgehead atoms. The molecule has 0 radical (unpaired) electrons. The van der Waals surface area contributed by atoms with E-state index in [2.05, 4.69) is 43.5 Å². The zero-order valence-electron chi connectivity index (χ0n) is 12.9. The SMILES string of the molecule is CCc1ccccc1NC(=N)Nc1ccccc1C(C)C. The van der Waals surface area contributed by atoms with E-state index >= 15 is 0 Å². The lowest BCUT2D eigenvalue weighted by molar-refractivity contribution is 0.869. The van der Waals surface area contributed by atoms with E-state index in [1.165, 1.54) is 11.1 Å². The van der Waals surface area contributed by atoms with Crippen molar-refractivity contribution in [3.63, 3.8) is 0 Å². The highest BCUT2D eigenvalue weighted by molar-refractivity contribution is 6.02. The Hall–Kier alpha value is -2.29. The topological polar surface area (TPSA) is 47.9 Å². The van der Waals surface area contributed by atoms with Crippen LogP contribution in [0.1, 0.15) is 37.8 Å². The van der Waals surface area contributed by atoms with E-state index in [4.69, 9.17) is 5.41 Å². The van der Waals surface area contributed by atoms with Crippen LogP contribution in [-0.2, 0) is 6.42 Å². The third-order valence-electron chi connectivity index (χ3n) is 3.50. The Balaban J connectivity index is 2.12. The van der Waals surface area contributed by atoms with Crippen LogP contribution in [0, 0.1) is 5.41 Å². The molecule has 0 aromatic heterocycles. The van der Waals surface area contributed by atoms with Crippen LogP contribution in [-0.4, -0.2) is 5.96 Å². The van der Waals surface area contributed by atoms with Crippen molar-refractivity contribution in [1.29, 1.82) is 5.41 Å². The number of nitrogens with one attached hydrogen (secondary N) is 3. The first-order valence-electron chi connectivity index (χ1n) is 7.41. The first-order valence-corrected chi connectivity index (χ1v) is 7.41. The first-order chi connectivity index (χ1) is 10.1. The molecule has 0 fully saturated rings. The summed E-state index contributed by atoms with van der Waals surface area (Å²) in [6, 6.07) is 16.2. The van der Waals surface area contributed by atoms with Gasteiger partial charge in [0.15, 0.2) is 5.96 Å². The summed E-state index contributed by atoms with van der Waals surface area (Å²) in [6.07, 6.45) is 0.943. The van der Waals surface area contributed by atoms with Crippen LogP contribution >= 0.6 is 0 Å². The van der Waals surface area contributed by atoms with Gasteiger partial charge < -0.3 is 10.6 Å². The van der Waals surface area contributed by atoms with Gasteiger partial charge in [-0.25, -0.2) is 0 Å². The van der Waals surface area contributed by atoms with Gasteiger partial charge in [0.25, 0.3) is 0 Å². The van der Waals surface area contributed by atoms with Crippen LogP contribution < -0.4 is 10.6 Å². The molecule has 0 saturated heterocycles. The molecule has 2 aromatic rings. The van der Waals surface area contributed by atoms with Crippen LogP contribution in [0.3, 0.4) is 0 Å². The standard InChI is InChI=1S/C18H23N3/c1-4-14-9-5-7-11-16(14)20-18(19)21-17-12-8-6-10-15(17)13(2)3/h5-13H,4H2,1-3H3,(H3,19,20,21). The minimum Gasteiger partial charge on any atom is -0.326 e. The summed E-state index contributed by atoms with van der Waals surface area (Å²) in [5, 5.41) is 14.5. The summed E-state index contributed by atoms with van der Waals surface area (Å²) < 4.78 is 0. The number of para-hydroxylation sites is 2. The predicted molar refractivity (Wildman–Crippen MR) is 91.3 cm³/mol. The summed E-state index contributed by atoms with van der Waals surface area (Å²) in [5.41, 5.74) is 4.40. The molecule has 0 aliphatic heterocycles. The third-order valence-corrected chi connectivity index (χ3v) is 3.50. The second-order valence-electron chi connectivity index (χ2n) is 5.38. The lowest BCUT2D eigenvalue weighted by Crippen LogP contribution is -2.22. The van der Waals surface area contributed by atoms with Gasteiger partial charge in [-0.05, 0) is 35.6 Å². The minimum absolute atomic E-state index is 0.295. The summed E-state index contributed by atoms with van der Waals surface area (Å²) in [6.45, 7) is 6.43. The second kappa shape index (κ2) is 6.93. The van der Waals surface area contributed by atoms with Crippen LogP contribution in [0.25, 0.3) is 0 Å². The fraction of sp³-hybridized carbons (Fsp3) is 0.278. The maximum Gasteiger partial charge on any atom is 0.197 e. The Morgan fingerprint density at radius 3 is 2.19 bits per heavy atom. The largest absolute Gasteiger partial charge is 0.326 e. The summed E-state index contributed by atoms with van der Waals surface area (Å²) in [5.74, 6) is 0.716. The van der Waals surface area contributed by atoms with E-state index in [-0.39, 0.29) is 0 Å². The number of anilines is 2. The molecule has 0 aliphatic carbocycles. The van der Waals surface area contributed by atoms with E-state index in [0.717, 1.165) is 17.8 Å². The molecule has 3 N–H and O–H groups in total. The lowest BCUT2D eigenvalue weighted by Gasteiger charge is -2.17. The molecule has 0 aliphatic rings. The van der Waals surface area contributed by atoms with Gasteiger partial charge in [0.05, 0.1) is 0 Å². The van der Waals surface area contributed by atoms with Crippen molar-refractivity contribution in [2.45, 2.75) is 33.1 Å². The summed E-state index contributed by atoms with van der Waals surface area (Å²) >= 11 is 0. The molecule has 110 valence electrons. The fourth-order valence-electron chi connectivity index (χ4n) is 2.37. The Kier molecular flexibility index (Phi) is 4.99. The van der Waals surface area contributed by atoms with Gasteiger partial charge in [0, 0.05) is 11.4 Å². The van der Waals surface area contributed by atoms with Crippen molar-refractivity contribution in [1.82, 2.24) is 0 Å². The Morgan fingerprint density at radius 2 is 1.52 bits per heavy atom. The molecule has 2 aromatic carbocycles. The van der Waals surface area contributed by atoms with Gasteiger partial charge in [-0.1, -0.05) is 57.2 Å². The van der Waals surface area contributed by atoms with Crippen LogP contribution in [0.2, 0.25) is 0 Å². The van der Waals surface area contributed by atoms with Crippen molar-refractivity contribution in [3.8, 4) is 0 Å². The van der Waals surface area contributed by atoms with Crippen molar-refractivity contribution in [2.75, 3.05) is 10.6 Å². The molecule has 21 heavy (non-hydrogen) atoms. The highest BCUT2D eigenvalue weighted by atomic mass is 15.1. The zero-order chi connectivity index (χ0) is 15.2. The maximum absolute atomic E-state index is 8.15. The molecule has 0 heterocycles. The van der Waals surface area contributed by atoms with E-state index in [1.807, 2.05) is 36.4 Å². The van der Waals surface area contributed by atoms with Crippen LogP contribution in [0.15, 0.2) is 48.5 Å². The highest BCUT2D eigenvalue weighted by Crippen LogP contribution is 2.24.